The first-order valence-corrected chi connectivity index (χ1v) is 6.03. The Morgan fingerprint density at radius 1 is 1.29 bits per heavy atom. The molecule has 0 aliphatic carbocycles. The van der Waals surface area contributed by atoms with E-state index in [-0.39, 0.29) is 0 Å². The third kappa shape index (κ3) is 3.25. The monoisotopic (exact) mass is 198 g/mol. The van der Waals surface area contributed by atoms with Gasteiger partial charge in [-0.3, -0.25) is 0 Å². The maximum absolute atomic E-state index is 5.88. The Morgan fingerprint density at radius 3 is 2.57 bits per heavy atom. The predicted octanol–water partition coefficient (Wildman–Crippen LogP) is 1.95. The molecule has 2 unspecified atom stereocenters. The molecule has 0 aromatic rings. The van der Waals surface area contributed by atoms with Crippen LogP contribution in [0.4, 0.5) is 0 Å². The van der Waals surface area contributed by atoms with Gasteiger partial charge in [0.25, 0.3) is 0 Å². The highest BCUT2D eigenvalue weighted by atomic mass is 15.1. The van der Waals surface area contributed by atoms with Crippen LogP contribution in [0.3, 0.4) is 0 Å². The molecule has 0 saturated carbocycles. The molecular weight excluding hydrogens is 172 g/mol. The van der Waals surface area contributed by atoms with Gasteiger partial charge in [-0.25, -0.2) is 0 Å². The number of hydrogen-bond donors (Lipinski definition) is 1. The van der Waals surface area contributed by atoms with Gasteiger partial charge in [0.1, 0.15) is 0 Å². The molecule has 1 rings (SSSR count). The van der Waals surface area contributed by atoms with Crippen molar-refractivity contribution in [3.05, 3.63) is 0 Å². The Labute approximate surface area is 88.8 Å². The van der Waals surface area contributed by atoms with Crippen LogP contribution < -0.4 is 5.73 Å². The second-order valence-corrected chi connectivity index (χ2v) is 5.14. The van der Waals surface area contributed by atoms with Gasteiger partial charge in [0.05, 0.1) is 0 Å². The molecule has 2 N–H and O–H groups in total. The molecule has 84 valence electrons. The van der Waals surface area contributed by atoms with Gasteiger partial charge < -0.3 is 10.6 Å². The van der Waals surface area contributed by atoms with Crippen molar-refractivity contribution in [2.24, 2.45) is 23.5 Å². The second kappa shape index (κ2) is 5.72. The van der Waals surface area contributed by atoms with E-state index in [1.165, 1.54) is 32.4 Å². The summed E-state index contributed by atoms with van der Waals surface area (Å²) in [6.45, 7) is 8.02. The van der Waals surface area contributed by atoms with Crippen LogP contribution in [-0.4, -0.2) is 31.6 Å². The zero-order chi connectivity index (χ0) is 10.6. The topological polar surface area (TPSA) is 29.3 Å². The molecule has 1 fully saturated rings. The third-order valence-electron chi connectivity index (χ3n) is 3.73. The predicted molar refractivity (Wildman–Crippen MR) is 62.2 cm³/mol. The van der Waals surface area contributed by atoms with Crippen LogP contribution in [0.5, 0.6) is 0 Å². The van der Waals surface area contributed by atoms with E-state index in [0.717, 1.165) is 24.3 Å². The number of nitrogens with two attached hydrogens (primary N) is 1. The molecule has 0 aromatic carbocycles. The highest BCUT2D eigenvalue weighted by Gasteiger charge is 2.24. The lowest BCUT2D eigenvalue weighted by Gasteiger charge is -2.28. The standard InChI is InChI=1S/C12H26N2/c1-10(2)12(9-13)11-5-4-7-14(3)8-6-11/h10-12H,4-9,13H2,1-3H3. The summed E-state index contributed by atoms with van der Waals surface area (Å²) in [7, 11) is 2.23. The van der Waals surface area contributed by atoms with Gasteiger partial charge in [-0.15, -0.1) is 0 Å². The van der Waals surface area contributed by atoms with E-state index in [1.54, 1.807) is 0 Å². The van der Waals surface area contributed by atoms with Crippen molar-refractivity contribution in [3.8, 4) is 0 Å². The number of nitrogens with zero attached hydrogens (tertiary/aromatic N) is 1. The second-order valence-electron chi connectivity index (χ2n) is 5.14. The van der Waals surface area contributed by atoms with Crippen molar-refractivity contribution >= 4 is 0 Å². The minimum atomic E-state index is 0.738. The van der Waals surface area contributed by atoms with E-state index >= 15 is 0 Å². The molecule has 1 saturated heterocycles. The van der Waals surface area contributed by atoms with E-state index in [9.17, 15) is 0 Å². The Hall–Kier alpha value is -0.0800. The zero-order valence-electron chi connectivity index (χ0n) is 10.00. The van der Waals surface area contributed by atoms with Gasteiger partial charge in [0.15, 0.2) is 0 Å². The SMILES string of the molecule is CC(C)C(CN)C1CCCN(C)CC1. The fourth-order valence-corrected chi connectivity index (χ4v) is 2.70. The summed E-state index contributed by atoms with van der Waals surface area (Å²) in [5.74, 6) is 2.35. The first kappa shape index (κ1) is 12.0. The normalized spacial score (nSPS) is 27.6. The Bertz CT molecular complexity index is 156. The third-order valence-corrected chi connectivity index (χ3v) is 3.73. The fourth-order valence-electron chi connectivity index (χ4n) is 2.70. The summed E-state index contributed by atoms with van der Waals surface area (Å²) < 4.78 is 0. The number of likely N-dealkylation sites (tertiary alicyclic amines) is 1. The van der Waals surface area contributed by atoms with Gasteiger partial charge in [0.2, 0.25) is 0 Å². The molecule has 0 radical (unpaired) electrons. The molecule has 1 heterocycles. The molecule has 1 aliphatic heterocycles. The summed E-state index contributed by atoms with van der Waals surface area (Å²) in [4.78, 5) is 2.45. The lowest BCUT2D eigenvalue weighted by atomic mass is 9.79. The Morgan fingerprint density at radius 2 is 2.00 bits per heavy atom. The smallest absolute Gasteiger partial charge is 0.00190 e. The number of rotatable bonds is 3. The first-order chi connectivity index (χ1) is 6.65. The summed E-state index contributed by atoms with van der Waals surface area (Å²) in [5, 5.41) is 0. The lowest BCUT2D eigenvalue weighted by molar-refractivity contribution is 0.234. The summed E-state index contributed by atoms with van der Waals surface area (Å²) >= 11 is 0. The molecular formula is C12H26N2. The van der Waals surface area contributed by atoms with E-state index < -0.39 is 0 Å². The summed E-state index contributed by atoms with van der Waals surface area (Å²) in [6.07, 6.45) is 4.07. The number of hydrogen-bond acceptors (Lipinski definition) is 2. The Kier molecular flexibility index (Phi) is 4.90. The maximum atomic E-state index is 5.88. The van der Waals surface area contributed by atoms with Crippen LogP contribution >= 0.6 is 0 Å². The van der Waals surface area contributed by atoms with Crippen molar-refractivity contribution < 1.29 is 0 Å². The average molecular weight is 198 g/mol. The van der Waals surface area contributed by atoms with E-state index in [0.29, 0.717) is 0 Å². The largest absolute Gasteiger partial charge is 0.330 e. The molecule has 2 heteroatoms. The van der Waals surface area contributed by atoms with E-state index in [2.05, 4.69) is 25.8 Å². The van der Waals surface area contributed by atoms with Crippen molar-refractivity contribution in [1.29, 1.82) is 0 Å². The van der Waals surface area contributed by atoms with Gasteiger partial charge in [-0.1, -0.05) is 13.8 Å². The van der Waals surface area contributed by atoms with Crippen LogP contribution in [0.15, 0.2) is 0 Å². The summed E-state index contributed by atoms with van der Waals surface area (Å²) in [5.41, 5.74) is 5.88. The molecule has 14 heavy (non-hydrogen) atoms. The van der Waals surface area contributed by atoms with Gasteiger partial charge >= 0.3 is 0 Å². The molecule has 0 aromatic heterocycles. The summed E-state index contributed by atoms with van der Waals surface area (Å²) in [6, 6.07) is 0. The van der Waals surface area contributed by atoms with Gasteiger partial charge in [-0.05, 0) is 63.7 Å². The van der Waals surface area contributed by atoms with Gasteiger partial charge in [0, 0.05) is 0 Å². The Balaban J connectivity index is 2.48. The minimum absolute atomic E-state index is 0.738. The molecule has 0 amide bonds. The van der Waals surface area contributed by atoms with Crippen LogP contribution in [0.2, 0.25) is 0 Å². The van der Waals surface area contributed by atoms with Crippen LogP contribution in [0.1, 0.15) is 33.1 Å². The molecule has 1 aliphatic rings. The fraction of sp³-hybridized carbons (Fsp3) is 1.00. The van der Waals surface area contributed by atoms with Crippen LogP contribution in [-0.2, 0) is 0 Å². The molecule has 0 bridgehead atoms. The molecule has 0 spiro atoms. The van der Waals surface area contributed by atoms with Crippen molar-refractivity contribution in [2.75, 3.05) is 26.7 Å². The maximum Gasteiger partial charge on any atom is -0.00190 e. The lowest BCUT2D eigenvalue weighted by Crippen LogP contribution is -2.29. The highest BCUT2D eigenvalue weighted by Crippen LogP contribution is 2.29. The highest BCUT2D eigenvalue weighted by molar-refractivity contribution is 4.77. The minimum Gasteiger partial charge on any atom is -0.330 e. The van der Waals surface area contributed by atoms with E-state index in [4.69, 9.17) is 5.73 Å². The molecule has 2 atom stereocenters. The van der Waals surface area contributed by atoms with E-state index in [1.807, 2.05) is 0 Å². The average Bonchev–Trinajstić information content (AvgIpc) is 2.32. The zero-order valence-corrected chi connectivity index (χ0v) is 10.00. The van der Waals surface area contributed by atoms with Crippen molar-refractivity contribution in [2.45, 2.75) is 33.1 Å². The van der Waals surface area contributed by atoms with Crippen LogP contribution in [0, 0.1) is 17.8 Å². The van der Waals surface area contributed by atoms with Crippen molar-refractivity contribution in [1.82, 2.24) is 4.90 Å². The first-order valence-electron chi connectivity index (χ1n) is 6.03. The van der Waals surface area contributed by atoms with Crippen molar-refractivity contribution in [3.63, 3.8) is 0 Å². The van der Waals surface area contributed by atoms with Gasteiger partial charge in [-0.2, -0.15) is 0 Å². The quantitative estimate of drug-likeness (QED) is 0.751. The van der Waals surface area contributed by atoms with Crippen LogP contribution in [0.25, 0.3) is 0 Å². The molecule has 2 nitrogen and oxygen atoms in total.